The highest BCUT2D eigenvalue weighted by molar-refractivity contribution is 7.14. The lowest BCUT2D eigenvalue weighted by molar-refractivity contribution is -0.119. The van der Waals surface area contributed by atoms with E-state index in [1.807, 2.05) is 41.8 Å². The molecular weight excluding hydrogens is 428 g/mol. The van der Waals surface area contributed by atoms with Crippen LogP contribution in [0.5, 0.6) is 0 Å². The van der Waals surface area contributed by atoms with Crippen LogP contribution in [0.15, 0.2) is 54.2 Å². The molecule has 2 N–H and O–H groups in total. The number of thiazole rings is 1. The number of rotatable bonds is 7. The minimum Gasteiger partial charge on any atom is -0.444 e. The Hall–Kier alpha value is -3.30. The molecule has 32 heavy (non-hydrogen) atoms. The Bertz CT molecular complexity index is 1060. The molecule has 0 fully saturated rings. The third-order valence-corrected chi connectivity index (χ3v) is 5.00. The second-order valence-electron chi connectivity index (χ2n) is 8.00. The molecule has 2 aromatic heterocycles. The second-order valence-corrected chi connectivity index (χ2v) is 8.86. The molecule has 8 nitrogen and oxygen atoms in total. The van der Waals surface area contributed by atoms with Crippen molar-refractivity contribution in [1.82, 2.24) is 15.3 Å². The molecule has 0 saturated heterocycles. The number of amides is 2. The van der Waals surface area contributed by atoms with Gasteiger partial charge >= 0.3 is 6.09 Å². The van der Waals surface area contributed by atoms with Crippen LogP contribution < -0.4 is 10.6 Å². The van der Waals surface area contributed by atoms with E-state index in [0.29, 0.717) is 5.13 Å². The molecule has 9 heteroatoms. The van der Waals surface area contributed by atoms with E-state index >= 15 is 0 Å². The number of nitrogens with zero attached hydrogens (tertiary/aromatic N) is 2. The summed E-state index contributed by atoms with van der Waals surface area (Å²) in [6.45, 7) is 5.24. The van der Waals surface area contributed by atoms with Crippen LogP contribution >= 0.6 is 11.3 Å². The summed E-state index contributed by atoms with van der Waals surface area (Å²) >= 11 is 1.30. The van der Waals surface area contributed by atoms with Gasteiger partial charge in [0.25, 0.3) is 5.91 Å². The first kappa shape index (κ1) is 23.4. The van der Waals surface area contributed by atoms with Crippen molar-refractivity contribution in [3.8, 4) is 22.4 Å². The van der Waals surface area contributed by atoms with Gasteiger partial charge in [0.1, 0.15) is 11.6 Å². The Morgan fingerprint density at radius 1 is 1.09 bits per heavy atom. The van der Waals surface area contributed by atoms with Crippen LogP contribution in [0.3, 0.4) is 0 Å². The summed E-state index contributed by atoms with van der Waals surface area (Å²) in [6, 6.07) is 10.9. The topological polar surface area (TPSA) is 102 Å². The van der Waals surface area contributed by atoms with Crippen molar-refractivity contribution in [3.63, 3.8) is 0 Å². The van der Waals surface area contributed by atoms with E-state index in [-0.39, 0.29) is 6.61 Å². The Morgan fingerprint density at radius 2 is 1.81 bits per heavy atom. The summed E-state index contributed by atoms with van der Waals surface area (Å²) < 4.78 is 10.3. The smallest absolute Gasteiger partial charge is 0.408 e. The van der Waals surface area contributed by atoms with Crippen LogP contribution in [-0.2, 0) is 14.3 Å². The third-order valence-electron chi connectivity index (χ3n) is 4.25. The van der Waals surface area contributed by atoms with E-state index in [0.717, 1.165) is 22.4 Å². The van der Waals surface area contributed by atoms with Crippen molar-refractivity contribution in [2.24, 2.45) is 0 Å². The van der Waals surface area contributed by atoms with Crippen LogP contribution in [0.4, 0.5) is 9.93 Å². The predicted molar refractivity (Wildman–Crippen MR) is 124 cm³/mol. The number of hydrogen-bond donors (Lipinski definition) is 2. The summed E-state index contributed by atoms with van der Waals surface area (Å²) in [6.07, 6.45) is 2.81. The molecular formula is C23H26N4O4S. The zero-order chi connectivity index (χ0) is 23.1. The second kappa shape index (κ2) is 10.3. The molecule has 0 spiro atoms. The number of carbonyl (C=O) groups is 2. The standard InChI is InChI=1S/C23H26N4O4S/c1-23(2,3)31-22(29)26-18(13-30-4)20(28)27-21-25-19(14-32-21)17-7-5-6-16(12-17)15-8-10-24-11-9-15/h5-12,14,18H,13H2,1-4H3,(H,26,29)(H,25,27,28). The van der Waals surface area contributed by atoms with Gasteiger partial charge in [0.2, 0.25) is 0 Å². The van der Waals surface area contributed by atoms with Crippen LogP contribution in [0.1, 0.15) is 20.8 Å². The Kier molecular flexibility index (Phi) is 7.55. The van der Waals surface area contributed by atoms with Gasteiger partial charge in [0.15, 0.2) is 5.13 Å². The first-order valence-corrected chi connectivity index (χ1v) is 10.9. The number of carbonyl (C=O) groups excluding carboxylic acids is 2. The minimum atomic E-state index is -0.919. The molecule has 0 radical (unpaired) electrons. The highest BCUT2D eigenvalue weighted by atomic mass is 32.1. The molecule has 0 aliphatic rings. The SMILES string of the molecule is COCC(NC(=O)OC(C)(C)C)C(=O)Nc1nc(-c2cccc(-c3ccncc3)c2)cs1. The van der Waals surface area contributed by atoms with Crippen molar-refractivity contribution in [1.29, 1.82) is 0 Å². The Labute approximate surface area is 191 Å². The number of methoxy groups -OCH3 is 1. The molecule has 3 aromatic rings. The first-order chi connectivity index (χ1) is 15.2. The maximum Gasteiger partial charge on any atom is 0.408 e. The number of hydrogen-bond acceptors (Lipinski definition) is 7. The first-order valence-electron chi connectivity index (χ1n) is 10.0. The minimum absolute atomic E-state index is 0.00269. The van der Waals surface area contributed by atoms with E-state index < -0.39 is 23.6 Å². The van der Waals surface area contributed by atoms with Gasteiger partial charge in [0, 0.05) is 30.4 Å². The fraction of sp³-hybridized carbons (Fsp3) is 0.304. The zero-order valence-corrected chi connectivity index (χ0v) is 19.2. The van der Waals surface area contributed by atoms with Crippen LogP contribution in [0, 0.1) is 0 Å². The van der Waals surface area contributed by atoms with Crippen LogP contribution in [0.25, 0.3) is 22.4 Å². The average Bonchev–Trinajstić information content (AvgIpc) is 3.21. The summed E-state index contributed by atoms with van der Waals surface area (Å²) in [5.41, 5.74) is 3.10. The van der Waals surface area contributed by atoms with E-state index in [9.17, 15) is 9.59 Å². The van der Waals surface area contributed by atoms with Gasteiger partial charge in [0.05, 0.1) is 12.3 Å². The lowest BCUT2D eigenvalue weighted by Crippen LogP contribution is -2.48. The monoisotopic (exact) mass is 454 g/mol. The van der Waals surface area contributed by atoms with Gasteiger partial charge in [-0.3, -0.25) is 9.78 Å². The van der Waals surface area contributed by atoms with Gasteiger partial charge < -0.3 is 20.1 Å². The van der Waals surface area contributed by atoms with Crippen LogP contribution in [0.2, 0.25) is 0 Å². The number of benzene rings is 1. The number of aromatic nitrogens is 2. The number of pyridine rings is 1. The van der Waals surface area contributed by atoms with Crippen molar-refractivity contribution in [2.75, 3.05) is 19.0 Å². The van der Waals surface area contributed by atoms with E-state index in [1.165, 1.54) is 18.4 Å². The molecule has 2 amide bonds. The van der Waals surface area contributed by atoms with Gasteiger partial charge in [-0.1, -0.05) is 18.2 Å². The number of ether oxygens (including phenoxy) is 2. The Balaban J connectivity index is 1.70. The van der Waals surface area contributed by atoms with Crippen molar-refractivity contribution < 1.29 is 19.1 Å². The fourth-order valence-electron chi connectivity index (χ4n) is 2.86. The van der Waals surface area contributed by atoms with Crippen LogP contribution in [-0.4, -0.2) is 47.3 Å². The highest BCUT2D eigenvalue weighted by Gasteiger charge is 2.25. The lowest BCUT2D eigenvalue weighted by Gasteiger charge is -2.22. The normalized spacial score (nSPS) is 12.1. The maximum atomic E-state index is 12.7. The largest absolute Gasteiger partial charge is 0.444 e. The molecule has 1 atom stereocenters. The quantitative estimate of drug-likeness (QED) is 0.550. The van der Waals surface area contributed by atoms with E-state index in [4.69, 9.17) is 9.47 Å². The van der Waals surface area contributed by atoms with Crippen molar-refractivity contribution in [3.05, 3.63) is 54.2 Å². The fourth-order valence-corrected chi connectivity index (χ4v) is 3.58. The number of nitrogens with one attached hydrogen (secondary N) is 2. The summed E-state index contributed by atoms with van der Waals surface area (Å²) in [7, 11) is 1.45. The van der Waals surface area contributed by atoms with Gasteiger partial charge in [-0.05, 0) is 50.1 Å². The predicted octanol–water partition coefficient (Wildman–Crippen LogP) is 4.35. The molecule has 2 heterocycles. The molecule has 0 bridgehead atoms. The maximum absolute atomic E-state index is 12.7. The summed E-state index contributed by atoms with van der Waals surface area (Å²) in [5, 5.41) is 7.57. The zero-order valence-electron chi connectivity index (χ0n) is 18.4. The molecule has 0 aliphatic heterocycles. The van der Waals surface area contributed by atoms with E-state index in [2.05, 4.69) is 20.6 Å². The number of alkyl carbamates (subject to hydrolysis) is 1. The molecule has 168 valence electrons. The summed E-state index contributed by atoms with van der Waals surface area (Å²) in [4.78, 5) is 33.3. The molecule has 0 saturated carbocycles. The van der Waals surface area contributed by atoms with Gasteiger partial charge in [-0.25, -0.2) is 9.78 Å². The van der Waals surface area contributed by atoms with E-state index in [1.54, 1.807) is 33.2 Å². The van der Waals surface area contributed by atoms with Gasteiger partial charge in [-0.15, -0.1) is 11.3 Å². The third kappa shape index (κ3) is 6.60. The van der Waals surface area contributed by atoms with Crippen molar-refractivity contribution >= 4 is 28.5 Å². The Morgan fingerprint density at radius 3 is 2.50 bits per heavy atom. The lowest BCUT2D eigenvalue weighted by atomic mass is 10.0. The average molecular weight is 455 g/mol. The molecule has 1 aromatic carbocycles. The molecule has 1 unspecified atom stereocenters. The van der Waals surface area contributed by atoms with Crippen molar-refractivity contribution in [2.45, 2.75) is 32.4 Å². The molecule has 0 aliphatic carbocycles. The van der Waals surface area contributed by atoms with Gasteiger partial charge in [-0.2, -0.15) is 0 Å². The number of anilines is 1. The molecule has 3 rings (SSSR count). The summed E-state index contributed by atoms with van der Waals surface area (Å²) in [5.74, 6) is -0.441. The highest BCUT2D eigenvalue weighted by Crippen LogP contribution is 2.28.